The van der Waals surface area contributed by atoms with E-state index in [-0.39, 0.29) is 0 Å². The molecule has 0 aliphatic rings. The van der Waals surface area contributed by atoms with E-state index in [0.29, 0.717) is 6.04 Å². The third-order valence-electron chi connectivity index (χ3n) is 2.03. The largest absolute Gasteiger partial charge is 0.313 e. The van der Waals surface area contributed by atoms with Crippen LogP contribution in [0.3, 0.4) is 0 Å². The van der Waals surface area contributed by atoms with E-state index < -0.39 is 0 Å². The highest BCUT2D eigenvalue weighted by molar-refractivity contribution is 4.68. The second-order valence-corrected chi connectivity index (χ2v) is 4.06. The van der Waals surface area contributed by atoms with Crippen molar-refractivity contribution in [2.45, 2.75) is 47.1 Å². The van der Waals surface area contributed by atoms with E-state index in [1.54, 1.807) is 0 Å². The van der Waals surface area contributed by atoms with Gasteiger partial charge >= 0.3 is 0 Å². The van der Waals surface area contributed by atoms with Gasteiger partial charge in [0.15, 0.2) is 0 Å². The summed E-state index contributed by atoms with van der Waals surface area (Å²) in [5, 5.41) is 3.57. The standard InChI is InChI=1S/C10H23N/c1-6-10(9(4)5)11-7-8(2)3/h8-11H,6-7H2,1-5H3. The van der Waals surface area contributed by atoms with Crippen molar-refractivity contribution in [2.75, 3.05) is 6.54 Å². The fourth-order valence-electron chi connectivity index (χ4n) is 1.24. The molecule has 0 radical (unpaired) electrons. The zero-order valence-corrected chi connectivity index (χ0v) is 8.65. The molecule has 11 heavy (non-hydrogen) atoms. The zero-order valence-electron chi connectivity index (χ0n) is 8.65. The molecule has 1 N–H and O–H groups in total. The van der Waals surface area contributed by atoms with Crippen molar-refractivity contribution >= 4 is 0 Å². The molecule has 1 heteroatoms. The summed E-state index contributed by atoms with van der Waals surface area (Å²) >= 11 is 0. The molecule has 0 saturated carbocycles. The highest BCUT2D eigenvalue weighted by Crippen LogP contribution is 2.05. The fourth-order valence-corrected chi connectivity index (χ4v) is 1.24. The molecule has 68 valence electrons. The van der Waals surface area contributed by atoms with Gasteiger partial charge in [0, 0.05) is 6.04 Å². The Morgan fingerprint density at radius 2 is 1.64 bits per heavy atom. The van der Waals surface area contributed by atoms with Crippen LogP contribution in [0, 0.1) is 11.8 Å². The highest BCUT2D eigenvalue weighted by Gasteiger charge is 2.09. The van der Waals surface area contributed by atoms with Crippen LogP contribution < -0.4 is 5.32 Å². The van der Waals surface area contributed by atoms with Crippen LogP contribution >= 0.6 is 0 Å². The lowest BCUT2D eigenvalue weighted by molar-refractivity contribution is 0.369. The Morgan fingerprint density at radius 1 is 1.09 bits per heavy atom. The van der Waals surface area contributed by atoms with Crippen molar-refractivity contribution in [3.8, 4) is 0 Å². The SMILES string of the molecule is CCC(NCC(C)C)C(C)C. The summed E-state index contributed by atoms with van der Waals surface area (Å²) in [5.41, 5.74) is 0. The fraction of sp³-hybridized carbons (Fsp3) is 1.00. The first-order valence-corrected chi connectivity index (χ1v) is 4.81. The quantitative estimate of drug-likeness (QED) is 0.647. The van der Waals surface area contributed by atoms with E-state index in [1.807, 2.05) is 0 Å². The molecule has 1 unspecified atom stereocenters. The summed E-state index contributed by atoms with van der Waals surface area (Å²) in [6.45, 7) is 12.5. The second kappa shape index (κ2) is 5.59. The minimum absolute atomic E-state index is 0.706. The predicted octanol–water partition coefficient (Wildman–Crippen LogP) is 2.67. The first-order chi connectivity index (χ1) is 5.07. The van der Waals surface area contributed by atoms with Gasteiger partial charge in [-0.3, -0.25) is 0 Å². The van der Waals surface area contributed by atoms with E-state index in [1.165, 1.54) is 6.42 Å². The van der Waals surface area contributed by atoms with Crippen LogP contribution in [-0.4, -0.2) is 12.6 Å². The van der Waals surface area contributed by atoms with Gasteiger partial charge in [-0.2, -0.15) is 0 Å². The summed E-state index contributed by atoms with van der Waals surface area (Å²) in [6, 6.07) is 0.706. The third kappa shape index (κ3) is 5.25. The van der Waals surface area contributed by atoms with Gasteiger partial charge in [0.2, 0.25) is 0 Å². The molecule has 0 aliphatic carbocycles. The minimum Gasteiger partial charge on any atom is -0.313 e. The van der Waals surface area contributed by atoms with Gasteiger partial charge in [0.1, 0.15) is 0 Å². The molecule has 0 aromatic rings. The van der Waals surface area contributed by atoms with Gasteiger partial charge in [-0.15, -0.1) is 0 Å². The normalized spacial score (nSPS) is 14.5. The average Bonchev–Trinajstić information content (AvgIpc) is 1.87. The first-order valence-electron chi connectivity index (χ1n) is 4.81. The van der Waals surface area contributed by atoms with Crippen molar-refractivity contribution < 1.29 is 0 Å². The Kier molecular flexibility index (Phi) is 5.57. The average molecular weight is 157 g/mol. The topological polar surface area (TPSA) is 12.0 Å². The number of hydrogen-bond donors (Lipinski definition) is 1. The molecular weight excluding hydrogens is 134 g/mol. The molecule has 0 aliphatic heterocycles. The molecule has 0 aromatic carbocycles. The first kappa shape index (κ1) is 11.0. The molecule has 0 amide bonds. The van der Waals surface area contributed by atoms with E-state index in [9.17, 15) is 0 Å². The monoisotopic (exact) mass is 157 g/mol. The highest BCUT2D eigenvalue weighted by atomic mass is 14.9. The van der Waals surface area contributed by atoms with E-state index >= 15 is 0 Å². The zero-order chi connectivity index (χ0) is 8.85. The van der Waals surface area contributed by atoms with Crippen LogP contribution in [0.5, 0.6) is 0 Å². The third-order valence-corrected chi connectivity index (χ3v) is 2.03. The van der Waals surface area contributed by atoms with Crippen molar-refractivity contribution in [3.05, 3.63) is 0 Å². The Bertz CT molecular complexity index is 86.9. The van der Waals surface area contributed by atoms with Gasteiger partial charge in [0.05, 0.1) is 0 Å². The molecule has 1 nitrogen and oxygen atoms in total. The minimum atomic E-state index is 0.706. The van der Waals surface area contributed by atoms with Crippen LogP contribution in [-0.2, 0) is 0 Å². The lowest BCUT2D eigenvalue weighted by atomic mass is 10.0. The van der Waals surface area contributed by atoms with Crippen molar-refractivity contribution in [1.82, 2.24) is 5.32 Å². The predicted molar refractivity (Wildman–Crippen MR) is 51.8 cm³/mol. The maximum Gasteiger partial charge on any atom is 0.00875 e. The molecular formula is C10H23N. The van der Waals surface area contributed by atoms with Crippen molar-refractivity contribution in [1.29, 1.82) is 0 Å². The Balaban J connectivity index is 3.52. The smallest absolute Gasteiger partial charge is 0.00875 e. The van der Waals surface area contributed by atoms with Gasteiger partial charge in [-0.05, 0) is 24.8 Å². The summed E-state index contributed by atoms with van der Waals surface area (Å²) in [6.07, 6.45) is 1.24. The van der Waals surface area contributed by atoms with E-state index in [0.717, 1.165) is 18.4 Å². The Hall–Kier alpha value is -0.0400. The molecule has 0 saturated heterocycles. The van der Waals surface area contributed by atoms with Crippen molar-refractivity contribution in [3.63, 3.8) is 0 Å². The van der Waals surface area contributed by atoms with Crippen LogP contribution in [0.4, 0.5) is 0 Å². The van der Waals surface area contributed by atoms with Crippen molar-refractivity contribution in [2.24, 2.45) is 11.8 Å². The second-order valence-electron chi connectivity index (χ2n) is 4.06. The van der Waals surface area contributed by atoms with Gasteiger partial charge in [0.25, 0.3) is 0 Å². The molecule has 0 aromatic heterocycles. The van der Waals surface area contributed by atoms with Crippen LogP contribution in [0.25, 0.3) is 0 Å². The van der Waals surface area contributed by atoms with E-state index in [2.05, 4.69) is 39.9 Å². The molecule has 0 heterocycles. The van der Waals surface area contributed by atoms with Gasteiger partial charge in [-0.1, -0.05) is 34.6 Å². The number of nitrogens with one attached hydrogen (secondary N) is 1. The van der Waals surface area contributed by atoms with E-state index in [4.69, 9.17) is 0 Å². The summed E-state index contributed by atoms with van der Waals surface area (Å²) < 4.78 is 0. The van der Waals surface area contributed by atoms with Crippen LogP contribution in [0.15, 0.2) is 0 Å². The Morgan fingerprint density at radius 3 is 1.91 bits per heavy atom. The summed E-state index contributed by atoms with van der Waals surface area (Å²) in [7, 11) is 0. The van der Waals surface area contributed by atoms with Crippen LogP contribution in [0.2, 0.25) is 0 Å². The van der Waals surface area contributed by atoms with Gasteiger partial charge in [-0.25, -0.2) is 0 Å². The summed E-state index contributed by atoms with van der Waals surface area (Å²) in [4.78, 5) is 0. The number of rotatable bonds is 5. The maximum absolute atomic E-state index is 3.57. The van der Waals surface area contributed by atoms with Gasteiger partial charge < -0.3 is 5.32 Å². The molecule has 0 rings (SSSR count). The summed E-state index contributed by atoms with van der Waals surface area (Å²) in [5.74, 6) is 1.53. The Labute approximate surface area is 71.6 Å². The molecule has 0 spiro atoms. The molecule has 0 fully saturated rings. The number of hydrogen-bond acceptors (Lipinski definition) is 1. The van der Waals surface area contributed by atoms with Crippen LogP contribution in [0.1, 0.15) is 41.0 Å². The lowest BCUT2D eigenvalue weighted by Crippen LogP contribution is -2.35. The molecule has 0 bridgehead atoms. The molecule has 1 atom stereocenters. The lowest BCUT2D eigenvalue weighted by Gasteiger charge is -2.21. The maximum atomic E-state index is 3.57.